The Labute approximate surface area is 106 Å². The average Bonchev–Trinajstić information content (AvgIpc) is 2.71. The normalized spacial score (nSPS) is 12.7. The molecule has 1 aromatic carbocycles. The summed E-state index contributed by atoms with van der Waals surface area (Å²) in [6.45, 7) is 2.01. The van der Waals surface area contributed by atoms with Crippen LogP contribution in [0.15, 0.2) is 30.6 Å². The first-order valence-electron chi connectivity index (χ1n) is 5.54. The molecule has 3 nitrogen and oxygen atoms in total. The lowest BCUT2D eigenvalue weighted by Gasteiger charge is -2.17. The van der Waals surface area contributed by atoms with Crippen LogP contribution in [0.3, 0.4) is 0 Å². The van der Waals surface area contributed by atoms with Crippen molar-refractivity contribution < 1.29 is 0 Å². The summed E-state index contributed by atoms with van der Waals surface area (Å²) in [6.07, 6.45) is 3.75. The third-order valence-corrected chi connectivity index (χ3v) is 3.34. The van der Waals surface area contributed by atoms with Crippen LogP contribution in [0.1, 0.15) is 23.0 Å². The van der Waals surface area contributed by atoms with E-state index in [9.17, 15) is 0 Å². The topological polar surface area (TPSA) is 29.9 Å². The van der Waals surface area contributed by atoms with Gasteiger partial charge in [-0.2, -0.15) is 0 Å². The van der Waals surface area contributed by atoms with Crippen LogP contribution in [-0.4, -0.2) is 16.6 Å². The first kappa shape index (κ1) is 12.1. The molecule has 1 atom stereocenters. The predicted octanol–water partition coefficient (Wildman–Crippen LogP) is 2.69. The number of aryl methyl sites for hydroxylation is 2. The van der Waals surface area contributed by atoms with E-state index < -0.39 is 0 Å². The van der Waals surface area contributed by atoms with Gasteiger partial charge in [-0.05, 0) is 31.2 Å². The van der Waals surface area contributed by atoms with E-state index in [1.807, 2.05) is 50.1 Å². The molecular weight excluding hydrogens is 234 g/mol. The Morgan fingerprint density at radius 2 is 2.18 bits per heavy atom. The second-order valence-electron chi connectivity index (χ2n) is 4.13. The predicted molar refractivity (Wildman–Crippen MR) is 70.3 cm³/mol. The average molecular weight is 250 g/mol. The van der Waals surface area contributed by atoms with Crippen molar-refractivity contribution in [3.05, 3.63) is 52.6 Å². The SMILES string of the molecule is CNC(c1ccc(Cl)c(C)c1)c1nccn1C. The van der Waals surface area contributed by atoms with E-state index >= 15 is 0 Å². The zero-order valence-corrected chi connectivity index (χ0v) is 11.0. The zero-order valence-electron chi connectivity index (χ0n) is 10.2. The monoisotopic (exact) mass is 249 g/mol. The van der Waals surface area contributed by atoms with Gasteiger partial charge in [0.1, 0.15) is 5.82 Å². The van der Waals surface area contributed by atoms with Crippen LogP contribution in [0, 0.1) is 6.92 Å². The molecule has 90 valence electrons. The maximum absolute atomic E-state index is 6.04. The molecule has 0 aliphatic heterocycles. The number of nitrogens with zero attached hydrogens (tertiary/aromatic N) is 2. The summed E-state index contributed by atoms with van der Waals surface area (Å²) in [4.78, 5) is 4.38. The molecule has 1 heterocycles. The highest BCUT2D eigenvalue weighted by Gasteiger charge is 2.16. The van der Waals surface area contributed by atoms with Gasteiger partial charge in [-0.15, -0.1) is 0 Å². The molecule has 1 N–H and O–H groups in total. The summed E-state index contributed by atoms with van der Waals surface area (Å²) >= 11 is 6.04. The standard InChI is InChI=1S/C13H16ClN3/c1-9-8-10(4-5-11(9)14)12(15-2)13-16-6-7-17(13)3/h4-8,12,15H,1-3H3. The molecule has 0 radical (unpaired) electrons. The van der Waals surface area contributed by atoms with Crippen molar-refractivity contribution in [3.8, 4) is 0 Å². The summed E-state index contributed by atoms with van der Waals surface area (Å²) in [7, 11) is 3.93. The van der Waals surface area contributed by atoms with Crippen LogP contribution < -0.4 is 5.32 Å². The molecule has 0 fully saturated rings. The van der Waals surface area contributed by atoms with Crippen molar-refractivity contribution >= 4 is 11.6 Å². The van der Waals surface area contributed by atoms with Gasteiger partial charge in [-0.25, -0.2) is 4.98 Å². The Morgan fingerprint density at radius 1 is 1.41 bits per heavy atom. The van der Waals surface area contributed by atoms with Gasteiger partial charge in [0, 0.05) is 24.5 Å². The molecule has 0 saturated carbocycles. The van der Waals surface area contributed by atoms with Gasteiger partial charge in [0.05, 0.1) is 6.04 Å². The number of nitrogens with one attached hydrogen (secondary N) is 1. The van der Waals surface area contributed by atoms with Gasteiger partial charge >= 0.3 is 0 Å². The molecule has 0 amide bonds. The van der Waals surface area contributed by atoms with E-state index in [0.717, 1.165) is 16.4 Å². The smallest absolute Gasteiger partial charge is 0.130 e. The highest BCUT2D eigenvalue weighted by molar-refractivity contribution is 6.31. The third kappa shape index (κ3) is 2.35. The Balaban J connectivity index is 2.42. The number of hydrogen-bond donors (Lipinski definition) is 1. The number of imidazole rings is 1. The highest BCUT2D eigenvalue weighted by Crippen LogP contribution is 2.24. The lowest BCUT2D eigenvalue weighted by Crippen LogP contribution is -2.21. The first-order valence-corrected chi connectivity index (χ1v) is 5.92. The highest BCUT2D eigenvalue weighted by atomic mass is 35.5. The number of hydrogen-bond acceptors (Lipinski definition) is 2. The van der Waals surface area contributed by atoms with E-state index in [4.69, 9.17) is 11.6 Å². The Hall–Kier alpha value is -1.32. The maximum atomic E-state index is 6.04. The second-order valence-corrected chi connectivity index (χ2v) is 4.53. The fourth-order valence-electron chi connectivity index (χ4n) is 1.95. The van der Waals surface area contributed by atoms with Crippen LogP contribution in [0.25, 0.3) is 0 Å². The molecule has 2 rings (SSSR count). The minimum Gasteiger partial charge on any atom is -0.336 e. The van der Waals surface area contributed by atoms with Gasteiger partial charge < -0.3 is 9.88 Å². The first-order chi connectivity index (χ1) is 8.13. The van der Waals surface area contributed by atoms with Crippen molar-refractivity contribution in [2.24, 2.45) is 7.05 Å². The van der Waals surface area contributed by atoms with Crippen LogP contribution >= 0.6 is 11.6 Å². The molecule has 1 unspecified atom stereocenters. The Kier molecular flexibility index (Phi) is 3.50. The number of halogens is 1. The van der Waals surface area contributed by atoms with Crippen molar-refractivity contribution in [3.63, 3.8) is 0 Å². The van der Waals surface area contributed by atoms with Crippen LogP contribution in [0.5, 0.6) is 0 Å². The van der Waals surface area contributed by atoms with Crippen molar-refractivity contribution in [1.82, 2.24) is 14.9 Å². The van der Waals surface area contributed by atoms with Crippen molar-refractivity contribution in [1.29, 1.82) is 0 Å². The molecular formula is C13H16ClN3. The summed E-state index contributed by atoms with van der Waals surface area (Å²) in [5.74, 6) is 0.995. The van der Waals surface area contributed by atoms with Gasteiger partial charge in [-0.1, -0.05) is 23.7 Å². The molecule has 17 heavy (non-hydrogen) atoms. The molecule has 0 aliphatic carbocycles. The van der Waals surface area contributed by atoms with Gasteiger partial charge in [-0.3, -0.25) is 0 Å². The molecule has 2 aromatic rings. The van der Waals surface area contributed by atoms with E-state index in [0.29, 0.717) is 0 Å². The lowest BCUT2D eigenvalue weighted by molar-refractivity contribution is 0.617. The summed E-state index contributed by atoms with van der Waals surface area (Å²) < 4.78 is 2.02. The summed E-state index contributed by atoms with van der Waals surface area (Å²) in [6, 6.07) is 6.15. The minimum absolute atomic E-state index is 0.0889. The van der Waals surface area contributed by atoms with E-state index in [1.54, 1.807) is 0 Å². The maximum Gasteiger partial charge on any atom is 0.130 e. The largest absolute Gasteiger partial charge is 0.336 e. The quantitative estimate of drug-likeness (QED) is 0.907. The van der Waals surface area contributed by atoms with Crippen molar-refractivity contribution in [2.45, 2.75) is 13.0 Å². The number of aromatic nitrogens is 2. The minimum atomic E-state index is 0.0889. The number of benzene rings is 1. The molecule has 0 saturated heterocycles. The summed E-state index contributed by atoms with van der Waals surface area (Å²) in [5.41, 5.74) is 2.25. The summed E-state index contributed by atoms with van der Waals surface area (Å²) in [5, 5.41) is 4.08. The fourth-order valence-corrected chi connectivity index (χ4v) is 2.07. The van der Waals surface area contributed by atoms with E-state index in [-0.39, 0.29) is 6.04 Å². The third-order valence-electron chi connectivity index (χ3n) is 2.92. The van der Waals surface area contributed by atoms with Gasteiger partial charge in [0.25, 0.3) is 0 Å². The van der Waals surface area contributed by atoms with Gasteiger partial charge in [0.15, 0.2) is 0 Å². The van der Waals surface area contributed by atoms with Crippen molar-refractivity contribution in [2.75, 3.05) is 7.05 Å². The number of rotatable bonds is 3. The fraction of sp³-hybridized carbons (Fsp3) is 0.308. The molecule has 0 aliphatic rings. The van der Waals surface area contributed by atoms with E-state index in [1.165, 1.54) is 5.56 Å². The van der Waals surface area contributed by atoms with Crippen LogP contribution in [0.4, 0.5) is 0 Å². The van der Waals surface area contributed by atoms with E-state index in [2.05, 4.69) is 16.4 Å². The van der Waals surface area contributed by atoms with Crippen LogP contribution in [-0.2, 0) is 7.05 Å². The lowest BCUT2D eigenvalue weighted by atomic mass is 10.0. The molecule has 1 aromatic heterocycles. The zero-order chi connectivity index (χ0) is 12.4. The second kappa shape index (κ2) is 4.90. The Morgan fingerprint density at radius 3 is 2.71 bits per heavy atom. The molecule has 4 heteroatoms. The molecule has 0 bridgehead atoms. The van der Waals surface area contributed by atoms with Gasteiger partial charge in [0.2, 0.25) is 0 Å². The van der Waals surface area contributed by atoms with Crippen LogP contribution in [0.2, 0.25) is 5.02 Å². The molecule has 0 spiro atoms. The Bertz CT molecular complexity index is 519.